The fourth-order valence-corrected chi connectivity index (χ4v) is 6.47. The van der Waals surface area contributed by atoms with Gasteiger partial charge in [-0.05, 0) is 82.0 Å². The first-order valence-electron chi connectivity index (χ1n) is 9.73. The van der Waals surface area contributed by atoms with Gasteiger partial charge in [0, 0.05) is 5.92 Å². The van der Waals surface area contributed by atoms with E-state index >= 15 is 0 Å². The summed E-state index contributed by atoms with van der Waals surface area (Å²) in [7, 11) is 0. The van der Waals surface area contributed by atoms with Gasteiger partial charge in [0.2, 0.25) is 0 Å². The van der Waals surface area contributed by atoms with Gasteiger partial charge in [0.1, 0.15) is 5.60 Å². The number of fused-ring (bicyclic) bond motifs is 1. The van der Waals surface area contributed by atoms with Gasteiger partial charge in [-0.3, -0.25) is 4.79 Å². The number of carbonyl (C=O) groups excluding carboxylic acids is 1. The molecule has 2 bridgehead atoms. The molecule has 0 amide bonds. The van der Waals surface area contributed by atoms with Crippen LogP contribution in [0.1, 0.15) is 87.0 Å². The Labute approximate surface area is 142 Å². The second-order valence-electron chi connectivity index (χ2n) is 10.3. The molecule has 0 heterocycles. The molecule has 0 aromatic heterocycles. The van der Waals surface area contributed by atoms with E-state index in [2.05, 4.69) is 34.6 Å². The maximum atomic E-state index is 12.7. The molecule has 1 spiro atoms. The van der Waals surface area contributed by atoms with Gasteiger partial charge in [-0.25, -0.2) is 0 Å². The Morgan fingerprint density at radius 3 is 2.39 bits per heavy atom. The third kappa shape index (κ3) is 2.23. The van der Waals surface area contributed by atoms with E-state index in [9.17, 15) is 4.79 Å². The highest BCUT2D eigenvalue weighted by Crippen LogP contribution is 2.73. The first-order chi connectivity index (χ1) is 10.5. The van der Waals surface area contributed by atoms with Gasteiger partial charge in [-0.15, -0.1) is 0 Å². The molecule has 3 aliphatic rings. The molecule has 3 rings (SSSR count). The molecule has 3 aliphatic carbocycles. The third-order valence-corrected chi connectivity index (χ3v) is 8.53. The summed E-state index contributed by atoms with van der Waals surface area (Å²) in [5.74, 6) is 2.16. The molecular formula is C21H36O2. The zero-order valence-electron chi connectivity index (χ0n) is 16.3. The zero-order chi connectivity index (χ0) is 17.3. The molecule has 132 valence electrons. The fourth-order valence-electron chi connectivity index (χ4n) is 6.47. The van der Waals surface area contributed by atoms with Gasteiger partial charge in [0.05, 0.1) is 5.41 Å². The number of hydrogen-bond donors (Lipinski definition) is 0. The summed E-state index contributed by atoms with van der Waals surface area (Å²) in [6.07, 6.45) is 7.15. The Hall–Kier alpha value is -0.530. The average Bonchev–Trinajstić information content (AvgIpc) is 2.89. The minimum absolute atomic E-state index is 0.000595. The van der Waals surface area contributed by atoms with Crippen molar-refractivity contribution in [3.05, 3.63) is 0 Å². The maximum Gasteiger partial charge on any atom is 0.312 e. The Bertz CT molecular complexity index is 506. The number of rotatable bonds is 3. The molecule has 0 aromatic carbocycles. The molecule has 0 saturated heterocycles. The molecule has 2 nitrogen and oxygen atoms in total. The summed E-state index contributed by atoms with van der Waals surface area (Å²) >= 11 is 0. The fraction of sp³-hybridized carbons (Fsp3) is 0.952. The molecule has 23 heavy (non-hydrogen) atoms. The van der Waals surface area contributed by atoms with E-state index in [1.54, 1.807) is 0 Å². The van der Waals surface area contributed by atoms with Crippen molar-refractivity contribution in [3.8, 4) is 0 Å². The van der Waals surface area contributed by atoms with E-state index < -0.39 is 0 Å². The van der Waals surface area contributed by atoms with E-state index in [-0.39, 0.29) is 22.4 Å². The standard InChI is InChI=1S/C21H36O2/c1-8-18(3,4)17(22)23-20(7)11-12-21-13-16(20)19(5,6)15(21)10-9-14(21)2/h14-16H,8-13H2,1-7H3/t14-,15?,16?,20-,21?/m1/s1. The molecule has 0 aromatic rings. The van der Waals surface area contributed by atoms with Crippen LogP contribution < -0.4 is 0 Å². The molecule has 3 fully saturated rings. The van der Waals surface area contributed by atoms with Crippen LogP contribution in [0.25, 0.3) is 0 Å². The van der Waals surface area contributed by atoms with Crippen LogP contribution >= 0.6 is 0 Å². The lowest BCUT2D eigenvalue weighted by molar-refractivity contribution is -0.184. The number of carbonyl (C=O) groups is 1. The summed E-state index contributed by atoms with van der Waals surface area (Å²) < 4.78 is 6.26. The van der Waals surface area contributed by atoms with E-state index in [0.29, 0.717) is 11.3 Å². The van der Waals surface area contributed by atoms with E-state index in [1.807, 2.05) is 13.8 Å². The summed E-state index contributed by atoms with van der Waals surface area (Å²) in [4.78, 5) is 12.7. The van der Waals surface area contributed by atoms with Gasteiger partial charge in [-0.1, -0.05) is 27.7 Å². The van der Waals surface area contributed by atoms with Crippen LogP contribution in [0, 0.1) is 34.0 Å². The summed E-state index contributed by atoms with van der Waals surface area (Å²) in [5.41, 5.74) is 0.166. The highest BCUT2D eigenvalue weighted by Gasteiger charge is 2.69. The molecule has 2 heteroatoms. The minimum Gasteiger partial charge on any atom is -0.459 e. The monoisotopic (exact) mass is 320 g/mol. The van der Waals surface area contributed by atoms with Gasteiger partial charge in [0.25, 0.3) is 0 Å². The second-order valence-corrected chi connectivity index (χ2v) is 10.3. The highest BCUT2D eigenvalue weighted by molar-refractivity contribution is 5.76. The minimum atomic E-state index is -0.371. The molecule has 0 radical (unpaired) electrons. The molecule has 0 aliphatic heterocycles. The van der Waals surface area contributed by atoms with Crippen LogP contribution in [0.3, 0.4) is 0 Å². The lowest BCUT2D eigenvalue weighted by Crippen LogP contribution is -2.49. The van der Waals surface area contributed by atoms with Crippen LogP contribution in [0.15, 0.2) is 0 Å². The van der Waals surface area contributed by atoms with Crippen molar-refractivity contribution in [3.63, 3.8) is 0 Å². The maximum absolute atomic E-state index is 12.7. The first kappa shape index (κ1) is 17.3. The van der Waals surface area contributed by atoms with Crippen molar-refractivity contribution in [2.75, 3.05) is 0 Å². The average molecular weight is 321 g/mol. The van der Waals surface area contributed by atoms with Crippen molar-refractivity contribution in [2.45, 2.75) is 92.6 Å². The van der Waals surface area contributed by atoms with Crippen LogP contribution in [-0.4, -0.2) is 11.6 Å². The van der Waals surface area contributed by atoms with Crippen molar-refractivity contribution in [2.24, 2.45) is 34.0 Å². The van der Waals surface area contributed by atoms with Crippen LogP contribution in [0.4, 0.5) is 0 Å². The second kappa shape index (κ2) is 4.99. The SMILES string of the molecule is CCC(C)(C)C(=O)O[C@]1(C)CCC23CC1C(C)(C)C2CC[C@H]3C. The van der Waals surface area contributed by atoms with Crippen LogP contribution in [0.5, 0.6) is 0 Å². The molecule has 3 unspecified atom stereocenters. The Balaban J connectivity index is 1.89. The lowest BCUT2D eigenvalue weighted by Gasteiger charge is -2.47. The highest BCUT2D eigenvalue weighted by atomic mass is 16.6. The number of hydrogen-bond acceptors (Lipinski definition) is 2. The van der Waals surface area contributed by atoms with Crippen molar-refractivity contribution < 1.29 is 9.53 Å². The van der Waals surface area contributed by atoms with Gasteiger partial charge >= 0.3 is 5.97 Å². The van der Waals surface area contributed by atoms with Crippen LogP contribution in [0.2, 0.25) is 0 Å². The van der Waals surface area contributed by atoms with Crippen molar-refractivity contribution in [1.82, 2.24) is 0 Å². The van der Waals surface area contributed by atoms with Gasteiger partial charge < -0.3 is 4.74 Å². The summed E-state index contributed by atoms with van der Waals surface area (Å²) in [6.45, 7) is 15.7. The third-order valence-electron chi connectivity index (χ3n) is 8.53. The molecule has 3 saturated carbocycles. The van der Waals surface area contributed by atoms with Crippen molar-refractivity contribution in [1.29, 1.82) is 0 Å². The molecular weight excluding hydrogens is 284 g/mol. The summed E-state index contributed by atoms with van der Waals surface area (Å²) in [6, 6.07) is 0. The van der Waals surface area contributed by atoms with E-state index in [0.717, 1.165) is 24.7 Å². The predicted octanol–water partition coefficient (Wildman–Crippen LogP) is 5.60. The van der Waals surface area contributed by atoms with E-state index in [1.165, 1.54) is 25.7 Å². The van der Waals surface area contributed by atoms with Gasteiger partial charge in [-0.2, -0.15) is 0 Å². The lowest BCUT2D eigenvalue weighted by atomic mass is 9.64. The summed E-state index contributed by atoms with van der Waals surface area (Å²) in [5, 5.41) is 0. The topological polar surface area (TPSA) is 26.3 Å². The smallest absolute Gasteiger partial charge is 0.312 e. The molecule has 0 N–H and O–H groups in total. The Kier molecular flexibility index (Phi) is 3.75. The van der Waals surface area contributed by atoms with Crippen LogP contribution in [-0.2, 0) is 9.53 Å². The number of esters is 1. The van der Waals surface area contributed by atoms with Gasteiger partial charge in [0.15, 0.2) is 0 Å². The van der Waals surface area contributed by atoms with E-state index in [4.69, 9.17) is 4.74 Å². The largest absolute Gasteiger partial charge is 0.459 e. The first-order valence-corrected chi connectivity index (χ1v) is 9.73. The van der Waals surface area contributed by atoms with Crippen molar-refractivity contribution >= 4 is 5.97 Å². The Morgan fingerprint density at radius 1 is 1.13 bits per heavy atom. The number of ether oxygens (including phenoxy) is 1. The quantitative estimate of drug-likeness (QED) is 0.633. The molecule has 5 atom stereocenters. The predicted molar refractivity (Wildman–Crippen MR) is 94.0 cm³/mol. The Morgan fingerprint density at radius 2 is 1.78 bits per heavy atom. The zero-order valence-corrected chi connectivity index (χ0v) is 16.3. The normalized spacial score (nSPS) is 44.9.